The van der Waals surface area contributed by atoms with Crippen molar-refractivity contribution in [3.05, 3.63) is 46.5 Å². The molecule has 0 aromatic heterocycles. The first-order valence-electron chi connectivity index (χ1n) is 9.54. The van der Waals surface area contributed by atoms with Crippen LogP contribution in [0.3, 0.4) is 0 Å². The molecule has 3 rings (SSSR count). The lowest BCUT2D eigenvalue weighted by molar-refractivity contribution is 0.169. The molecule has 2 atom stereocenters. The van der Waals surface area contributed by atoms with Crippen LogP contribution in [0.25, 0.3) is 6.08 Å². The van der Waals surface area contributed by atoms with Gasteiger partial charge in [0.2, 0.25) is 0 Å². The molecule has 5 nitrogen and oxygen atoms in total. The highest BCUT2D eigenvalue weighted by Gasteiger charge is 2.48. The standard InChI is InChI=1S/C20H27BO5S/c1-3-6-16-13-27(24,25)19-12-21(23)26-18(20(16)19)10-9-14(2)11-15-7-4-5-8-17(15)22/h4-5,7-8,11,18-19,22-23H,3,6,9-10,12-13H2,1-2H3/b14-11+/t18-,19+/m1/s1. The van der Waals surface area contributed by atoms with Crippen LogP contribution in [0.5, 0.6) is 5.75 Å². The quantitative estimate of drug-likeness (QED) is 0.575. The van der Waals surface area contributed by atoms with Crippen molar-refractivity contribution in [3.63, 3.8) is 0 Å². The Labute approximate surface area is 161 Å². The molecular weight excluding hydrogens is 363 g/mol. The molecule has 0 spiro atoms. The fourth-order valence-electron chi connectivity index (χ4n) is 4.11. The fraction of sp³-hybridized carbons (Fsp3) is 0.500. The van der Waals surface area contributed by atoms with Gasteiger partial charge in [0.05, 0.1) is 17.1 Å². The number of sulfone groups is 1. The molecule has 2 heterocycles. The van der Waals surface area contributed by atoms with Crippen LogP contribution in [-0.4, -0.2) is 42.8 Å². The van der Waals surface area contributed by atoms with Crippen LogP contribution in [0.1, 0.15) is 45.1 Å². The second-order valence-corrected chi connectivity index (χ2v) is 9.69. The average molecular weight is 390 g/mol. The van der Waals surface area contributed by atoms with E-state index in [-0.39, 0.29) is 23.9 Å². The molecule has 1 fully saturated rings. The summed E-state index contributed by atoms with van der Waals surface area (Å²) >= 11 is 0. The Balaban J connectivity index is 1.78. The predicted molar refractivity (Wildman–Crippen MR) is 108 cm³/mol. The third kappa shape index (κ3) is 4.47. The topological polar surface area (TPSA) is 83.8 Å². The first-order chi connectivity index (χ1) is 12.8. The van der Waals surface area contributed by atoms with E-state index < -0.39 is 22.2 Å². The second-order valence-electron chi connectivity index (χ2n) is 7.51. The van der Waals surface area contributed by atoms with Gasteiger partial charge >= 0.3 is 7.12 Å². The third-order valence-electron chi connectivity index (χ3n) is 5.34. The summed E-state index contributed by atoms with van der Waals surface area (Å²) in [5.74, 6) is 0.330. The molecule has 2 aliphatic heterocycles. The number of para-hydroxylation sites is 1. The van der Waals surface area contributed by atoms with E-state index in [0.717, 1.165) is 35.1 Å². The Morgan fingerprint density at radius 2 is 2.11 bits per heavy atom. The molecule has 1 saturated heterocycles. The van der Waals surface area contributed by atoms with Gasteiger partial charge in [-0.3, -0.25) is 0 Å². The summed E-state index contributed by atoms with van der Waals surface area (Å²) in [5.41, 5.74) is 3.68. The SMILES string of the molecule is CCCC1=C2[C@@H](CC/C(C)=C/c3ccccc3O)OB(O)C[C@@H]2S(=O)(=O)C1. The Morgan fingerprint density at radius 3 is 2.81 bits per heavy atom. The summed E-state index contributed by atoms with van der Waals surface area (Å²) < 4.78 is 30.8. The van der Waals surface area contributed by atoms with Crippen molar-refractivity contribution < 1.29 is 23.2 Å². The zero-order valence-electron chi connectivity index (χ0n) is 15.9. The van der Waals surface area contributed by atoms with Gasteiger partial charge < -0.3 is 14.8 Å². The maximum atomic E-state index is 12.5. The van der Waals surface area contributed by atoms with Crippen molar-refractivity contribution >= 4 is 23.0 Å². The van der Waals surface area contributed by atoms with Gasteiger partial charge in [-0.2, -0.15) is 0 Å². The average Bonchev–Trinajstić information content (AvgIpc) is 2.85. The molecule has 2 aliphatic rings. The van der Waals surface area contributed by atoms with Gasteiger partial charge in [0.1, 0.15) is 5.75 Å². The van der Waals surface area contributed by atoms with Crippen LogP contribution >= 0.6 is 0 Å². The molecule has 27 heavy (non-hydrogen) atoms. The molecule has 0 bridgehead atoms. The van der Waals surface area contributed by atoms with Gasteiger partial charge in [-0.1, -0.05) is 48.8 Å². The number of allylic oxidation sites excluding steroid dienone is 1. The lowest BCUT2D eigenvalue weighted by atomic mass is 9.74. The number of benzene rings is 1. The minimum atomic E-state index is -3.24. The lowest BCUT2D eigenvalue weighted by Gasteiger charge is -2.32. The van der Waals surface area contributed by atoms with Crippen molar-refractivity contribution in [2.24, 2.45) is 0 Å². The van der Waals surface area contributed by atoms with Gasteiger partial charge in [0.25, 0.3) is 0 Å². The van der Waals surface area contributed by atoms with E-state index in [4.69, 9.17) is 4.65 Å². The number of phenolic OH excluding ortho intramolecular Hbond substituents is 1. The molecular formula is C20H27BO5S. The van der Waals surface area contributed by atoms with Crippen molar-refractivity contribution in [2.75, 3.05) is 5.75 Å². The Hall–Kier alpha value is -1.57. The third-order valence-corrected chi connectivity index (χ3v) is 7.40. The summed E-state index contributed by atoms with van der Waals surface area (Å²) in [4.78, 5) is 0. The summed E-state index contributed by atoms with van der Waals surface area (Å²) in [5, 5.41) is 19.4. The number of hydrogen-bond donors (Lipinski definition) is 2. The molecule has 1 aromatic rings. The second kappa shape index (κ2) is 8.21. The lowest BCUT2D eigenvalue weighted by Crippen LogP contribution is -2.41. The molecule has 146 valence electrons. The molecule has 7 heteroatoms. The number of rotatable bonds is 6. The van der Waals surface area contributed by atoms with E-state index in [9.17, 15) is 18.5 Å². The van der Waals surface area contributed by atoms with Crippen LogP contribution in [-0.2, 0) is 14.5 Å². The number of hydrogen-bond acceptors (Lipinski definition) is 5. The summed E-state index contributed by atoms with van der Waals surface area (Å²) in [6.07, 6.45) is 4.65. The number of fused-ring (bicyclic) bond motifs is 1. The highest BCUT2D eigenvalue weighted by Crippen LogP contribution is 2.40. The van der Waals surface area contributed by atoms with E-state index >= 15 is 0 Å². The first-order valence-corrected chi connectivity index (χ1v) is 11.3. The minimum absolute atomic E-state index is 0.0974. The van der Waals surface area contributed by atoms with Gasteiger partial charge in [-0.05, 0) is 37.8 Å². The van der Waals surface area contributed by atoms with Crippen molar-refractivity contribution in [1.29, 1.82) is 0 Å². The number of aromatic hydroxyl groups is 1. The van der Waals surface area contributed by atoms with E-state index in [1.807, 2.05) is 32.1 Å². The molecule has 0 saturated carbocycles. The van der Waals surface area contributed by atoms with E-state index in [1.54, 1.807) is 12.1 Å². The van der Waals surface area contributed by atoms with Crippen LogP contribution in [0.4, 0.5) is 0 Å². The zero-order chi connectivity index (χ0) is 19.6. The Bertz CT molecular complexity index is 859. The Morgan fingerprint density at radius 1 is 1.37 bits per heavy atom. The highest BCUT2D eigenvalue weighted by molar-refractivity contribution is 7.92. The van der Waals surface area contributed by atoms with E-state index in [1.165, 1.54) is 0 Å². The van der Waals surface area contributed by atoms with Crippen molar-refractivity contribution in [1.82, 2.24) is 0 Å². The number of phenols is 1. The molecule has 0 aliphatic carbocycles. The van der Waals surface area contributed by atoms with Gasteiger partial charge in [-0.25, -0.2) is 8.42 Å². The van der Waals surface area contributed by atoms with Crippen LogP contribution in [0.15, 0.2) is 41.0 Å². The molecule has 0 unspecified atom stereocenters. The summed E-state index contributed by atoms with van der Waals surface area (Å²) in [6.45, 7) is 4.02. The van der Waals surface area contributed by atoms with Crippen LogP contribution in [0, 0.1) is 0 Å². The van der Waals surface area contributed by atoms with Gasteiger partial charge in [0.15, 0.2) is 9.84 Å². The summed E-state index contributed by atoms with van der Waals surface area (Å²) in [7, 11) is -4.28. The predicted octanol–water partition coefficient (Wildman–Crippen LogP) is 3.35. The van der Waals surface area contributed by atoms with Gasteiger partial charge in [-0.15, -0.1) is 0 Å². The smallest absolute Gasteiger partial charge is 0.456 e. The molecule has 2 N–H and O–H groups in total. The van der Waals surface area contributed by atoms with E-state index in [0.29, 0.717) is 12.8 Å². The minimum Gasteiger partial charge on any atom is -0.507 e. The van der Waals surface area contributed by atoms with Gasteiger partial charge in [0, 0.05) is 11.9 Å². The normalized spacial score (nSPS) is 25.0. The Kier molecular flexibility index (Phi) is 6.13. The van der Waals surface area contributed by atoms with E-state index in [2.05, 4.69) is 0 Å². The van der Waals surface area contributed by atoms with Crippen molar-refractivity contribution in [2.45, 2.75) is 57.2 Å². The van der Waals surface area contributed by atoms with Crippen molar-refractivity contribution in [3.8, 4) is 5.75 Å². The largest absolute Gasteiger partial charge is 0.507 e. The molecule has 0 amide bonds. The monoisotopic (exact) mass is 390 g/mol. The molecule has 0 radical (unpaired) electrons. The van der Waals surface area contributed by atoms with Crippen LogP contribution < -0.4 is 0 Å². The maximum Gasteiger partial charge on any atom is 0.456 e. The fourth-order valence-corrected chi connectivity index (χ4v) is 6.27. The maximum absolute atomic E-state index is 12.5. The molecule has 1 aromatic carbocycles. The highest BCUT2D eigenvalue weighted by atomic mass is 32.2. The first kappa shape index (κ1) is 20.2. The summed E-state index contributed by atoms with van der Waals surface area (Å²) in [6, 6.07) is 7.15. The zero-order valence-corrected chi connectivity index (χ0v) is 16.7. The van der Waals surface area contributed by atoms with Crippen LogP contribution in [0.2, 0.25) is 6.32 Å².